The highest BCUT2D eigenvalue weighted by Crippen LogP contribution is 2.30. The van der Waals surface area contributed by atoms with E-state index < -0.39 is 10.0 Å². The summed E-state index contributed by atoms with van der Waals surface area (Å²) in [6, 6.07) is 14.6. The molecule has 1 heterocycles. The Hall–Kier alpha value is -2.82. The van der Waals surface area contributed by atoms with Crippen molar-refractivity contribution >= 4 is 16.1 Å². The number of nitrogens with zero attached hydrogens (tertiary/aromatic N) is 3. The topological polar surface area (TPSA) is 91.4 Å². The Morgan fingerprint density at radius 2 is 1.68 bits per heavy atom. The molecule has 1 N–H and O–H groups in total. The first-order valence-electron chi connectivity index (χ1n) is 11.3. The van der Waals surface area contributed by atoms with Gasteiger partial charge in [-0.05, 0) is 37.7 Å². The van der Waals surface area contributed by atoms with E-state index in [1.807, 2.05) is 18.2 Å². The van der Waals surface area contributed by atoms with Crippen LogP contribution in [0.5, 0.6) is 11.5 Å². The molecule has 0 aromatic heterocycles. The van der Waals surface area contributed by atoms with Crippen LogP contribution in [0.15, 0.2) is 53.4 Å². The van der Waals surface area contributed by atoms with Crippen LogP contribution in [0.25, 0.3) is 0 Å². The van der Waals surface area contributed by atoms with Crippen molar-refractivity contribution in [2.45, 2.75) is 17.9 Å². The van der Waals surface area contributed by atoms with Crippen molar-refractivity contribution in [3.63, 3.8) is 0 Å². The van der Waals surface area contributed by atoms with Crippen LogP contribution in [-0.4, -0.2) is 89.1 Å². The number of amides is 2. The van der Waals surface area contributed by atoms with Crippen molar-refractivity contribution in [3.8, 4) is 11.5 Å². The highest BCUT2D eigenvalue weighted by atomic mass is 32.2. The summed E-state index contributed by atoms with van der Waals surface area (Å²) in [6.45, 7) is 3.46. The normalized spacial score (nSPS) is 14.8. The molecule has 0 spiro atoms. The Labute approximate surface area is 202 Å². The molecule has 10 heteroatoms. The van der Waals surface area contributed by atoms with E-state index in [1.54, 1.807) is 11.0 Å². The average molecular weight is 491 g/mol. The maximum atomic E-state index is 13.0. The third-order valence-corrected chi connectivity index (χ3v) is 7.70. The van der Waals surface area contributed by atoms with E-state index in [-0.39, 0.29) is 24.0 Å². The fourth-order valence-electron chi connectivity index (χ4n) is 3.89. The summed E-state index contributed by atoms with van der Waals surface area (Å²) in [5, 5.41) is 2.95. The Bertz CT molecular complexity index is 1040. The Kier molecular flexibility index (Phi) is 9.14. The van der Waals surface area contributed by atoms with E-state index in [0.717, 1.165) is 19.5 Å². The smallest absolute Gasteiger partial charge is 0.317 e. The zero-order valence-electron chi connectivity index (χ0n) is 20.1. The molecule has 1 fully saturated rings. The van der Waals surface area contributed by atoms with Crippen LogP contribution in [0, 0.1) is 0 Å². The first kappa shape index (κ1) is 25.8. The number of urea groups is 1. The van der Waals surface area contributed by atoms with Crippen molar-refractivity contribution in [1.82, 2.24) is 19.4 Å². The molecular weight excluding hydrogens is 456 g/mol. The molecule has 2 aromatic rings. The van der Waals surface area contributed by atoms with Gasteiger partial charge in [0.25, 0.3) is 0 Å². The molecule has 1 saturated heterocycles. The minimum Gasteiger partial charge on any atom is -0.493 e. The summed E-state index contributed by atoms with van der Waals surface area (Å²) < 4.78 is 37.9. The van der Waals surface area contributed by atoms with Gasteiger partial charge >= 0.3 is 6.03 Å². The molecule has 0 bridgehead atoms. The average Bonchev–Trinajstić information content (AvgIpc) is 2.86. The SMILES string of the molecule is COc1ccc(S(=O)(=O)N2CCN(C(=O)NCCCN(C)Cc3ccccc3)CC2)cc1OC. The molecule has 1 aliphatic rings. The molecule has 0 aliphatic carbocycles. The van der Waals surface area contributed by atoms with Crippen LogP contribution in [0.2, 0.25) is 0 Å². The van der Waals surface area contributed by atoms with E-state index in [2.05, 4.69) is 29.4 Å². The zero-order valence-corrected chi connectivity index (χ0v) is 20.9. The maximum absolute atomic E-state index is 13.0. The van der Waals surface area contributed by atoms with Crippen LogP contribution in [-0.2, 0) is 16.6 Å². The standard InChI is InChI=1S/C24H34N4O5S/c1-26(19-20-8-5-4-6-9-20)13-7-12-25-24(29)27-14-16-28(17-15-27)34(30,31)21-10-11-22(32-2)23(18-21)33-3/h4-6,8-11,18H,7,12-17,19H2,1-3H3,(H,25,29). The number of rotatable bonds is 10. The fourth-order valence-corrected chi connectivity index (χ4v) is 5.33. The number of nitrogens with one attached hydrogen (secondary N) is 1. The monoisotopic (exact) mass is 490 g/mol. The highest BCUT2D eigenvalue weighted by molar-refractivity contribution is 7.89. The molecule has 3 rings (SSSR count). The van der Waals surface area contributed by atoms with E-state index in [4.69, 9.17) is 9.47 Å². The van der Waals surface area contributed by atoms with Crippen molar-refractivity contribution in [2.75, 3.05) is 60.5 Å². The lowest BCUT2D eigenvalue weighted by atomic mass is 10.2. The van der Waals surface area contributed by atoms with Crippen molar-refractivity contribution in [1.29, 1.82) is 0 Å². The third kappa shape index (κ3) is 6.62. The van der Waals surface area contributed by atoms with Crippen LogP contribution < -0.4 is 14.8 Å². The van der Waals surface area contributed by atoms with E-state index in [0.29, 0.717) is 31.1 Å². The van der Waals surface area contributed by atoms with E-state index in [9.17, 15) is 13.2 Å². The second-order valence-electron chi connectivity index (χ2n) is 8.22. The summed E-state index contributed by atoms with van der Waals surface area (Å²) >= 11 is 0. The van der Waals surface area contributed by atoms with Gasteiger partial charge in [0.05, 0.1) is 19.1 Å². The fraction of sp³-hybridized carbons (Fsp3) is 0.458. The number of carbonyl (C=O) groups is 1. The number of piperazine rings is 1. The number of sulfonamides is 1. The number of hydrogen-bond acceptors (Lipinski definition) is 6. The Morgan fingerprint density at radius 1 is 1.00 bits per heavy atom. The van der Waals surface area contributed by atoms with Gasteiger partial charge < -0.3 is 24.6 Å². The van der Waals surface area contributed by atoms with Gasteiger partial charge in [0.15, 0.2) is 11.5 Å². The first-order chi connectivity index (χ1) is 16.3. The van der Waals surface area contributed by atoms with Gasteiger partial charge in [-0.2, -0.15) is 4.31 Å². The molecule has 186 valence electrons. The summed E-state index contributed by atoms with van der Waals surface area (Å²) in [7, 11) is 1.34. The lowest BCUT2D eigenvalue weighted by Crippen LogP contribution is -2.53. The van der Waals surface area contributed by atoms with E-state index in [1.165, 1.54) is 36.2 Å². The molecular formula is C24H34N4O5S. The van der Waals surface area contributed by atoms with Gasteiger partial charge in [-0.15, -0.1) is 0 Å². The molecule has 0 atom stereocenters. The van der Waals surface area contributed by atoms with Gasteiger partial charge in [-0.25, -0.2) is 13.2 Å². The molecule has 2 amide bonds. The lowest BCUT2D eigenvalue weighted by molar-refractivity contribution is 0.172. The molecule has 1 aliphatic heterocycles. The second kappa shape index (κ2) is 12.0. The summed E-state index contributed by atoms with van der Waals surface area (Å²) in [4.78, 5) is 16.5. The molecule has 34 heavy (non-hydrogen) atoms. The minimum atomic E-state index is -3.69. The maximum Gasteiger partial charge on any atom is 0.317 e. The van der Waals surface area contributed by atoms with Gasteiger partial charge in [0, 0.05) is 45.3 Å². The van der Waals surface area contributed by atoms with Gasteiger partial charge in [0.2, 0.25) is 10.0 Å². The summed E-state index contributed by atoms with van der Waals surface area (Å²) in [6.07, 6.45) is 0.836. The Morgan fingerprint density at radius 3 is 2.32 bits per heavy atom. The molecule has 2 aromatic carbocycles. The number of benzene rings is 2. The Balaban J connectivity index is 1.43. The van der Waals surface area contributed by atoms with Crippen molar-refractivity contribution in [2.24, 2.45) is 0 Å². The van der Waals surface area contributed by atoms with Crippen LogP contribution >= 0.6 is 0 Å². The van der Waals surface area contributed by atoms with Crippen LogP contribution in [0.4, 0.5) is 4.79 Å². The number of ether oxygens (including phenoxy) is 2. The molecule has 0 radical (unpaired) electrons. The minimum absolute atomic E-state index is 0.141. The lowest BCUT2D eigenvalue weighted by Gasteiger charge is -2.34. The highest BCUT2D eigenvalue weighted by Gasteiger charge is 2.30. The number of hydrogen-bond donors (Lipinski definition) is 1. The largest absolute Gasteiger partial charge is 0.493 e. The second-order valence-corrected chi connectivity index (χ2v) is 10.2. The quantitative estimate of drug-likeness (QED) is 0.514. The summed E-state index contributed by atoms with van der Waals surface area (Å²) in [5.74, 6) is 0.824. The van der Waals surface area contributed by atoms with Gasteiger partial charge in [-0.3, -0.25) is 0 Å². The molecule has 0 unspecified atom stereocenters. The third-order valence-electron chi connectivity index (χ3n) is 5.81. The molecule has 9 nitrogen and oxygen atoms in total. The van der Waals surface area contributed by atoms with Crippen LogP contribution in [0.3, 0.4) is 0 Å². The number of carbonyl (C=O) groups excluding carboxylic acids is 1. The van der Waals surface area contributed by atoms with Gasteiger partial charge in [0.1, 0.15) is 0 Å². The predicted molar refractivity (Wildman–Crippen MR) is 131 cm³/mol. The zero-order chi connectivity index (χ0) is 24.6. The van der Waals surface area contributed by atoms with Crippen molar-refractivity contribution in [3.05, 3.63) is 54.1 Å². The van der Waals surface area contributed by atoms with E-state index >= 15 is 0 Å². The first-order valence-corrected chi connectivity index (χ1v) is 12.8. The number of methoxy groups -OCH3 is 2. The predicted octanol–water partition coefficient (Wildman–Crippen LogP) is 2.24. The van der Waals surface area contributed by atoms with Crippen molar-refractivity contribution < 1.29 is 22.7 Å². The molecule has 0 saturated carbocycles. The van der Waals surface area contributed by atoms with Gasteiger partial charge in [-0.1, -0.05) is 30.3 Å². The van der Waals surface area contributed by atoms with Crippen LogP contribution in [0.1, 0.15) is 12.0 Å². The summed E-state index contributed by atoms with van der Waals surface area (Å²) in [5.41, 5.74) is 1.26.